The second-order valence-corrected chi connectivity index (χ2v) is 11.4. The maximum absolute atomic E-state index is 12.8. The van der Waals surface area contributed by atoms with Gasteiger partial charge >= 0.3 is 6.09 Å². The number of carbonyl (C=O) groups excluding carboxylic acids is 3. The van der Waals surface area contributed by atoms with E-state index in [1.807, 2.05) is 37.3 Å². The number of ether oxygens (including phenoxy) is 2. The number of nitrogens with zero attached hydrogens (tertiary/aromatic N) is 2. The number of likely N-dealkylation sites (tertiary alicyclic amines) is 1. The van der Waals surface area contributed by atoms with Crippen molar-refractivity contribution in [3.8, 4) is 5.75 Å². The molecule has 1 aliphatic heterocycles. The van der Waals surface area contributed by atoms with Crippen LogP contribution in [0.2, 0.25) is 0 Å². The van der Waals surface area contributed by atoms with Gasteiger partial charge in [-0.1, -0.05) is 18.2 Å². The zero-order valence-corrected chi connectivity index (χ0v) is 24.0. The summed E-state index contributed by atoms with van der Waals surface area (Å²) in [4.78, 5) is 43.9. The van der Waals surface area contributed by atoms with E-state index in [-0.39, 0.29) is 12.5 Å². The summed E-state index contributed by atoms with van der Waals surface area (Å²) in [5.74, 6) is -0.164. The van der Waals surface area contributed by atoms with E-state index in [4.69, 9.17) is 9.47 Å². The molecule has 1 saturated heterocycles. The number of hydrogen-bond donors (Lipinski definition) is 3. The molecule has 1 aliphatic rings. The minimum Gasteiger partial charge on any atom is -0.489 e. The first-order valence-corrected chi connectivity index (χ1v) is 13.8. The molecule has 3 N–H and O–H groups in total. The molecule has 218 valence electrons. The predicted molar refractivity (Wildman–Crippen MR) is 154 cm³/mol. The van der Waals surface area contributed by atoms with Gasteiger partial charge in [0.05, 0.1) is 10.9 Å². The Hall–Kier alpha value is -4.18. The quantitative estimate of drug-likeness (QED) is 0.266. The van der Waals surface area contributed by atoms with E-state index < -0.39 is 23.0 Å². The average molecular weight is 563 g/mol. The van der Waals surface area contributed by atoms with Gasteiger partial charge in [0, 0.05) is 41.8 Å². The second kappa shape index (κ2) is 12.6. The minimum absolute atomic E-state index is 0.228. The van der Waals surface area contributed by atoms with E-state index >= 15 is 0 Å². The molecule has 0 aliphatic carbocycles. The number of amides is 3. The number of para-hydroxylation sites is 1. The molecule has 2 aromatic carbocycles. The van der Waals surface area contributed by atoms with Crippen LogP contribution in [0.15, 0.2) is 54.6 Å². The Labute approximate surface area is 240 Å². The highest BCUT2D eigenvalue weighted by Crippen LogP contribution is 2.35. The fourth-order valence-electron chi connectivity index (χ4n) is 5.05. The van der Waals surface area contributed by atoms with Crippen molar-refractivity contribution in [1.82, 2.24) is 20.7 Å². The van der Waals surface area contributed by atoms with Crippen molar-refractivity contribution in [2.45, 2.75) is 59.2 Å². The van der Waals surface area contributed by atoms with Gasteiger partial charge in [0.1, 0.15) is 18.0 Å². The molecule has 10 nitrogen and oxygen atoms in total. The van der Waals surface area contributed by atoms with Crippen LogP contribution < -0.4 is 15.5 Å². The first kappa shape index (κ1) is 29.8. The van der Waals surface area contributed by atoms with Crippen molar-refractivity contribution in [3.05, 3.63) is 71.4 Å². The van der Waals surface area contributed by atoms with Gasteiger partial charge in [-0.2, -0.15) is 0 Å². The minimum atomic E-state index is -0.909. The van der Waals surface area contributed by atoms with E-state index in [2.05, 4.69) is 10.3 Å². The zero-order valence-electron chi connectivity index (χ0n) is 24.0. The van der Waals surface area contributed by atoms with Crippen LogP contribution in [0.1, 0.15) is 61.6 Å². The van der Waals surface area contributed by atoms with Gasteiger partial charge in [-0.3, -0.25) is 19.8 Å². The number of fused-ring (bicyclic) bond motifs is 1. The van der Waals surface area contributed by atoms with Crippen molar-refractivity contribution in [3.63, 3.8) is 0 Å². The molecule has 3 amide bonds. The highest BCUT2D eigenvalue weighted by molar-refractivity contribution is 5.94. The lowest BCUT2D eigenvalue weighted by molar-refractivity contribution is -0.143. The van der Waals surface area contributed by atoms with Crippen molar-refractivity contribution < 1.29 is 29.1 Å². The van der Waals surface area contributed by atoms with Crippen LogP contribution in [-0.2, 0) is 16.1 Å². The van der Waals surface area contributed by atoms with Crippen LogP contribution in [0.5, 0.6) is 5.75 Å². The van der Waals surface area contributed by atoms with Gasteiger partial charge in [-0.15, -0.1) is 0 Å². The SMILES string of the molecule is Cc1cc(COc2ccc(C(=O)NCCC3(C(=O)NO)CCN(C(=O)OC(C)(C)C)CC3)cc2)c2ccccc2n1. The van der Waals surface area contributed by atoms with Crippen molar-refractivity contribution >= 4 is 28.8 Å². The highest BCUT2D eigenvalue weighted by Gasteiger charge is 2.42. The molecule has 10 heteroatoms. The molecule has 2 heterocycles. The third-order valence-corrected chi connectivity index (χ3v) is 7.29. The number of hydroxylamine groups is 1. The molecular formula is C31H38N4O6. The van der Waals surface area contributed by atoms with Gasteiger partial charge in [-0.25, -0.2) is 10.3 Å². The van der Waals surface area contributed by atoms with E-state index in [0.717, 1.165) is 22.2 Å². The Morgan fingerprint density at radius 3 is 2.39 bits per heavy atom. The number of nitrogens with one attached hydrogen (secondary N) is 2. The molecule has 1 fully saturated rings. The van der Waals surface area contributed by atoms with Crippen LogP contribution >= 0.6 is 0 Å². The molecule has 0 bridgehead atoms. The number of aryl methyl sites for hydroxylation is 1. The maximum atomic E-state index is 12.8. The van der Waals surface area contributed by atoms with E-state index in [0.29, 0.717) is 50.3 Å². The Bertz CT molecular complexity index is 1390. The number of rotatable bonds is 8. The lowest BCUT2D eigenvalue weighted by Crippen LogP contribution is -2.51. The molecule has 41 heavy (non-hydrogen) atoms. The molecule has 4 rings (SSSR count). The zero-order chi connectivity index (χ0) is 29.6. The molecule has 0 radical (unpaired) electrons. The molecule has 0 atom stereocenters. The van der Waals surface area contributed by atoms with Gasteiger partial charge in [0.15, 0.2) is 0 Å². The topological polar surface area (TPSA) is 130 Å². The molecule has 0 spiro atoms. The number of pyridine rings is 1. The van der Waals surface area contributed by atoms with Crippen molar-refractivity contribution in [2.24, 2.45) is 5.41 Å². The first-order valence-electron chi connectivity index (χ1n) is 13.8. The molecule has 1 aromatic heterocycles. The van der Waals surface area contributed by atoms with E-state index in [1.54, 1.807) is 55.4 Å². The van der Waals surface area contributed by atoms with Crippen molar-refractivity contribution in [1.29, 1.82) is 0 Å². The summed E-state index contributed by atoms with van der Waals surface area (Å²) in [7, 11) is 0. The summed E-state index contributed by atoms with van der Waals surface area (Å²) in [5, 5.41) is 13.3. The summed E-state index contributed by atoms with van der Waals surface area (Å²) < 4.78 is 11.4. The number of piperidine rings is 1. The Morgan fingerprint density at radius 2 is 1.73 bits per heavy atom. The maximum Gasteiger partial charge on any atom is 0.410 e. The Balaban J connectivity index is 1.30. The fourth-order valence-corrected chi connectivity index (χ4v) is 5.05. The average Bonchev–Trinajstić information content (AvgIpc) is 2.95. The van der Waals surface area contributed by atoms with Crippen LogP contribution in [-0.4, -0.2) is 58.2 Å². The monoisotopic (exact) mass is 562 g/mol. The highest BCUT2D eigenvalue weighted by atomic mass is 16.6. The third-order valence-electron chi connectivity index (χ3n) is 7.29. The second-order valence-electron chi connectivity index (χ2n) is 11.4. The Kier molecular flexibility index (Phi) is 9.12. The number of aromatic nitrogens is 1. The van der Waals surface area contributed by atoms with Gasteiger partial charge < -0.3 is 19.7 Å². The summed E-state index contributed by atoms with van der Waals surface area (Å²) in [5.41, 5.74) is 3.58. The lowest BCUT2D eigenvalue weighted by atomic mass is 9.75. The smallest absolute Gasteiger partial charge is 0.410 e. The van der Waals surface area contributed by atoms with Crippen LogP contribution in [0, 0.1) is 12.3 Å². The van der Waals surface area contributed by atoms with Crippen LogP contribution in [0.25, 0.3) is 10.9 Å². The van der Waals surface area contributed by atoms with Crippen LogP contribution in [0.3, 0.4) is 0 Å². The molecule has 0 unspecified atom stereocenters. The normalized spacial score (nSPS) is 14.8. The number of hydrogen-bond acceptors (Lipinski definition) is 7. The summed E-state index contributed by atoms with van der Waals surface area (Å²) in [6, 6.07) is 16.8. The fraction of sp³-hybridized carbons (Fsp3) is 0.419. The molecular weight excluding hydrogens is 524 g/mol. The molecule has 3 aromatic rings. The van der Waals surface area contributed by atoms with Gasteiger partial charge in [0.25, 0.3) is 5.91 Å². The largest absolute Gasteiger partial charge is 0.489 e. The molecule has 0 saturated carbocycles. The van der Waals surface area contributed by atoms with Gasteiger partial charge in [0.2, 0.25) is 5.91 Å². The number of carbonyl (C=O) groups is 3. The van der Waals surface area contributed by atoms with Crippen LogP contribution in [0.4, 0.5) is 4.79 Å². The summed E-state index contributed by atoms with van der Waals surface area (Å²) in [6.45, 7) is 8.57. The van der Waals surface area contributed by atoms with Crippen molar-refractivity contribution in [2.75, 3.05) is 19.6 Å². The summed E-state index contributed by atoms with van der Waals surface area (Å²) in [6.07, 6.45) is 0.563. The lowest BCUT2D eigenvalue weighted by Gasteiger charge is -2.40. The standard InChI is InChI=1S/C31H38N4O6/c1-21-19-23(25-7-5-6-8-26(25)33-21)20-40-24-11-9-22(10-12-24)27(36)32-16-13-31(28(37)34-39)14-17-35(18-15-31)29(38)41-30(2,3)4/h5-12,19,39H,13-18,20H2,1-4H3,(H,32,36)(H,34,37). The predicted octanol–water partition coefficient (Wildman–Crippen LogP) is 4.76. The Morgan fingerprint density at radius 1 is 1.05 bits per heavy atom. The first-order chi connectivity index (χ1) is 19.5. The van der Waals surface area contributed by atoms with E-state index in [1.165, 1.54) is 0 Å². The van der Waals surface area contributed by atoms with Gasteiger partial charge in [-0.05, 0) is 83.4 Å². The number of benzene rings is 2. The summed E-state index contributed by atoms with van der Waals surface area (Å²) >= 11 is 0. The van der Waals surface area contributed by atoms with E-state index in [9.17, 15) is 19.6 Å². The third kappa shape index (κ3) is 7.52.